The Balaban J connectivity index is 2.42. The van der Waals surface area contributed by atoms with Gasteiger partial charge in [0.15, 0.2) is 0 Å². The van der Waals surface area contributed by atoms with E-state index < -0.39 is 17.3 Å². The highest BCUT2D eigenvalue weighted by Crippen LogP contribution is 2.33. The lowest BCUT2D eigenvalue weighted by Crippen LogP contribution is -2.51. The summed E-state index contributed by atoms with van der Waals surface area (Å²) in [4.78, 5) is 13.7. The zero-order valence-corrected chi connectivity index (χ0v) is 11.6. The normalized spacial score (nSPS) is 19.9. The summed E-state index contributed by atoms with van der Waals surface area (Å²) >= 11 is 5.78. The minimum Gasteiger partial charge on any atom is -0.480 e. The van der Waals surface area contributed by atoms with Gasteiger partial charge in [-0.25, -0.2) is 9.18 Å². The second kappa shape index (κ2) is 5.47. The molecule has 1 unspecified atom stereocenters. The van der Waals surface area contributed by atoms with Gasteiger partial charge in [-0.1, -0.05) is 24.1 Å². The monoisotopic (exact) mass is 285 g/mol. The molecule has 19 heavy (non-hydrogen) atoms. The topological polar surface area (TPSA) is 40.5 Å². The third-order valence-corrected chi connectivity index (χ3v) is 4.18. The number of hydrogen-bond acceptors (Lipinski definition) is 2. The highest BCUT2D eigenvalue weighted by atomic mass is 35.5. The number of piperidine rings is 1. The van der Waals surface area contributed by atoms with Crippen molar-refractivity contribution in [2.24, 2.45) is 0 Å². The van der Waals surface area contributed by atoms with Gasteiger partial charge < -0.3 is 5.11 Å². The molecule has 0 radical (unpaired) electrons. The van der Waals surface area contributed by atoms with Crippen LogP contribution in [0.1, 0.15) is 31.7 Å². The molecule has 1 aromatic carbocycles. The quantitative estimate of drug-likeness (QED) is 0.927. The predicted octanol–water partition coefficient (Wildman–Crippen LogP) is 3.26. The van der Waals surface area contributed by atoms with Crippen LogP contribution < -0.4 is 0 Å². The van der Waals surface area contributed by atoms with E-state index in [9.17, 15) is 14.3 Å². The number of likely N-dealkylation sites (tertiary alicyclic amines) is 1. The molecule has 0 aromatic heterocycles. The molecule has 1 heterocycles. The molecular formula is C14H17ClFNO2. The maximum Gasteiger partial charge on any atom is 0.328 e. The molecule has 1 saturated heterocycles. The van der Waals surface area contributed by atoms with Gasteiger partial charge in [0, 0.05) is 0 Å². The number of carboxylic acids is 1. The van der Waals surface area contributed by atoms with Crippen molar-refractivity contribution in [3.05, 3.63) is 34.6 Å². The average Bonchev–Trinajstić information content (AvgIpc) is 2.41. The number of nitrogens with zero attached hydrogens (tertiary/aromatic N) is 1. The lowest BCUT2D eigenvalue weighted by Gasteiger charge is -2.40. The molecule has 2 rings (SSSR count). The summed E-state index contributed by atoms with van der Waals surface area (Å²) in [7, 11) is 0. The smallest absolute Gasteiger partial charge is 0.328 e. The van der Waals surface area contributed by atoms with Crippen molar-refractivity contribution in [1.29, 1.82) is 0 Å². The van der Waals surface area contributed by atoms with Crippen LogP contribution >= 0.6 is 11.6 Å². The Bertz CT molecular complexity index is 488. The van der Waals surface area contributed by atoms with Crippen molar-refractivity contribution in [1.82, 2.24) is 4.90 Å². The molecule has 1 fully saturated rings. The van der Waals surface area contributed by atoms with Crippen LogP contribution in [0.3, 0.4) is 0 Å². The molecule has 1 aliphatic heterocycles. The van der Waals surface area contributed by atoms with E-state index in [0.717, 1.165) is 32.4 Å². The molecule has 0 amide bonds. The van der Waals surface area contributed by atoms with E-state index in [0.29, 0.717) is 5.56 Å². The lowest BCUT2D eigenvalue weighted by atomic mass is 9.88. The molecular weight excluding hydrogens is 269 g/mol. The number of halogens is 2. The van der Waals surface area contributed by atoms with Crippen molar-refractivity contribution in [2.45, 2.75) is 31.7 Å². The number of aliphatic carboxylic acids is 1. The Kier molecular flexibility index (Phi) is 4.11. The van der Waals surface area contributed by atoms with Crippen molar-refractivity contribution in [2.75, 3.05) is 13.1 Å². The van der Waals surface area contributed by atoms with E-state index in [2.05, 4.69) is 0 Å². The van der Waals surface area contributed by atoms with E-state index >= 15 is 0 Å². The van der Waals surface area contributed by atoms with Crippen LogP contribution in [0, 0.1) is 5.82 Å². The van der Waals surface area contributed by atoms with Gasteiger partial charge in [-0.3, -0.25) is 4.90 Å². The van der Waals surface area contributed by atoms with Crippen LogP contribution in [-0.2, 0) is 10.3 Å². The van der Waals surface area contributed by atoms with E-state index in [1.807, 2.05) is 4.90 Å². The van der Waals surface area contributed by atoms with Gasteiger partial charge in [0.05, 0.1) is 5.02 Å². The summed E-state index contributed by atoms with van der Waals surface area (Å²) in [6.07, 6.45) is 3.09. The highest BCUT2D eigenvalue weighted by molar-refractivity contribution is 6.30. The second-order valence-corrected chi connectivity index (χ2v) is 5.46. The fourth-order valence-corrected chi connectivity index (χ4v) is 2.76. The van der Waals surface area contributed by atoms with Gasteiger partial charge >= 0.3 is 5.97 Å². The molecule has 0 spiro atoms. The largest absolute Gasteiger partial charge is 0.480 e. The molecule has 3 nitrogen and oxygen atoms in total. The zero-order valence-electron chi connectivity index (χ0n) is 10.8. The first-order valence-electron chi connectivity index (χ1n) is 6.40. The molecule has 0 bridgehead atoms. The summed E-state index contributed by atoms with van der Waals surface area (Å²) in [6, 6.07) is 4.15. The summed E-state index contributed by atoms with van der Waals surface area (Å²) in [6.45, 7) is 3.12. The summed E-state index contributed by atoms with van der Waals surface area (Å²) < 4.78 is 13.2. The Morgan fingerprint density at radius 2 is 2.00 bits per heavy atom. The van der Waals surface area contributed by atoms with Crippen molar-refractivity contribution >= 4 is 17.6 Å². The molecule has 104 valence electrons. The van der Waals surface area contributed by atoms with E-state index in [4.69, 9.17) is 11.6 Å². The Morgan fingerprint density at radius 3 is 2.53 bits per heavy atom. The van der Waals surface area contributed by atoms with Crippen molar-refractivity contribution < 1.29 is 14.3 Å². The van der Waals surface area contributed by atoms with Gasteiger partial charge in [-0.05, 0) is 50.6 Å². The first-order chi connectivity index (χ1) is 8.96. The summed E-state index contributed by atoms with van der Waals surface area (Å²) in [5.41, 5.74) is -0.633. The number of benzene rings is 1. The Hall–Kier alpha value is -1.13. The van der Waals surface area contributed by atoms with Crippen LogP contribution in [0.25, 0.3) is 0 Å². The molecule has 0 aliphatic carbocycles. The molecule has 5 heteroatoms. The van der Waals surface area contributed by atoms with Gasteiger partial charge in [0.25, 0.3) is 0 Å². The Labute approximate surface area is 117 Å². The fourth-order valence-electron chi connectivity index (χ4n) is 2.58. The van der Waals surface area contributed by atoms with E-state index in [1.165, 1.54) is 18.2 Å². The van der Waals surface area contributed by atoms with Crippen LogP contribution in [0.15, 0.2) is 18.2 Å². The lowest BCUT2D eigenvalue weighted by molar-refractivity contribution is -0.152. The number of carboxylic acid groups (broad SMARTS) is 1. The SMILES string of the molecule is CC(C(=O)O)(c1ccc(F)c(Cl)c1)N1CCCCC1. The maximum atomic E-state index is 13.2. The van der Waals surface area contributed by atoms with Gasteiger partial charge in [0.1, 0.15) is 11.4 Å². The van der Waals surface area contributed by atoms with Gasteiger partial charge in [-0.2, -0.15) is 0 Å². The van der Waals surface area contributed by atoms with E-state index in [1.54, 1.807) is 6.92 Å². The minimum atomic E-state index is -1.15. The standard InChI is InChI=1S/C14H17ClFNO2/c1-14(13(18)19,17-7-3-2-4-8-17)10-5-6-12(16)11(15)9-10/h5-6,9H,2-4,7-8H2,1H3,(H,18,19). The minimum absolute atomic E-state index is 0.0398. The summed E-state index contributed by atoms with van der Waals surface area (Å²) in [5.74, 6) is -1.46. The van der Waals surface area contributed by atoms with Crippen LogP contribution in [0.5, 0.6) is 0 Å². The second-order valence-electron chi connectivity index (χ2n) is 5.05. The van der Waals surface area contributed by atoms with Crippen molar-refractivity contribution in [3.63, 3.8) is 0 Å². The third kappa shape index (κ3) is 2.60. The van der Waals surface area contributed by atoms with Gasteiger partial charge in [0.2, 0.25) is 0 Å². The van der Waals surface area contributed by atoms with E-state index in [-0.39, 0.29) is 5.02 Å². The first-order valence-corrected chi connectivity index (χ1v) is 6.78. The number of hydrogen-bond donors (Lipinski definition) is 1. The summed E-state index contributed by atoms with van der Waals surface area (Å²) in [5, 5.41) is 9.58. The molecule has 1 aromatic rings. The van der Waals surface area contributed by atoms with Crippen LogP contribution in [0.2, 0.25) is 5.02 Å². The maximum absolute atomic E-state index is 13.2. The number of rotatable bonds is 3. The zero-order chi connectivity index (χ0) is 14.0. The van der Waals surface area contributed by atoms with Crippen LogP contribution in [0.4, 0.5) is 4.39 Å². The predicted molar refractivity (Wildman–Crippen MR) is 71.8 cm³/mol. The first kappa shape index (κ1) is 14.3. The average molecular weight is 286 g/mol. The number of carbonyl (C=O) groups is 1. The molecule has 1 atom stereocenters. The highest BCUT2D eigenvalue weighted by Gasteiger charge is 2.41. The molecule has 1 N–H and O–H groups in total. The molecule has 1 aliphatic rings. The third-order valence-electron chi connectivity index (χ3n) is 3.89. The van der Waals surface area contributed by atoms with Crippen molar-refractivity contribution in [3.8, 4) is 0 Å². The van der Waals surface area contributed by atoms with Crippen LogP contribution in [-0.4, -0.2) is 29.1 Å². The molecule has 0 saturated carbocycles. The Morgan fingerprint density at radius 1 is 1.37 bits per heavy atom. The van der Waals surface area contributed by atoms with Gasteiger partial charge in [-0.15, -0.1) is 0 Å². The fraction of sp³-hybridized carbons (Fsp3) is 0.500.